The highest BCUT2D eigenvalue weighted by Gasteiger charge is 2.19. The molecule has 3 aromatic carbocycles. The number of rotatable bonds is 9. The molecular weight excluding hydrogens is 460 g/mol. The van der Waals surface area contributed by atoms with Crippen LogP contribution in [0.25, 0.3) is 11.0 Å². The minimum atomic E-state index is -3.98. The summed E-state index contributed by atoms with van der Waals surface area (Å²) in [5.41, 5.74) is 2.08. The molecule has 0 unspecified atom stereocenters. The maximum absolute atomic E-state index is 12.9. The van der Waals surface area contributed by atoms with Crippen LogP contribution in [-0.4, -0.2) is 36.6 Å². The number of hydrogen-bond donors (Lipinski definition) is 4. The normalized spacial score (nSPS) is 11.4. The number of hydrogen-bond acceptors (Lipinski definition) is 5. The molecule has 1 heterocycles. The first-order valence-electron chi connectivity index (χ1n) is 10.2. The molecule has 0 aliphatic rings. The summed E-state index contributed by atoms with van der Waals surface area (Å²) >= 11 is 1.70. The molecule has 0 spiro atoms. The van der Waals surface area contributed by atoms with Crippen LogP contribution >= 0.6 is 11.8 Å². The molecule has 170 valence electrons. The van der Waals surface area contributed by atoms with Gasteiger partial charge in [0.25, 0.3) is 15.9 Å². The second kappa shape index (κ2) is 9.97. The molecule has 0 saturated heterocycles. The maximum atomic E-state index is 12.9. The van der Waals surface area contributed by atoms with E-state index >= 15 is 0 Å². The Morgan fingerprint density at radius 2 is 1.64 bits per heavy atom. The van der Waals surface area contributed by atoms with E-state index in [0.717, 1.165) is 11.5 Å². The maximum Gasteiger partial charge on any atom is 0.323 e. The Morgan fingerprint density at radius 1 is 0.909 bits per heavy atom. The zero-order chi connectivity index (χ0) is 23.3. The molecule has 1 aromatic heterocycles. The van der Waals surface area contributed by atoms with Crippen molar-refractivity contribution >= 4 is 44.4 Å². The lowest BCUT2D eigenvalue weighted by Gasteiger charge is -2.13. The monoisotopic (exact) mass is 482 g/mol. The van der Waals surface area contributed by atoms with E-state index in [0.29, 0.717) is 17.6 Å². The summed E-state index contributed by atoms with van der Waals surface area (Å²) in [4.78, 5) is 29.2. The van der Waals surface area contributed by atoms with Crippen LogP contribution in [0.4, 0.5) is 5.69 Å². The lowest BCUT2D eigenvalue weighted by molar-refractivity contribution is 0.0957. The van der Waals surface area contributed by atoms with Crippen molar-refractivity contribution in [2.24, 2.45) is 0 Å². The Labute approximate surface area is 194 Å². The van der Waals surface area contributed by atoms with Crippen LogP contribution in [0.15, 0.2) is 82.5 Å². The zero-order valence-corrected chi connectivity index (χ0v) is 19.1. The average Bonchev–Trinajstić information content (AvgIpc) is 3.19. The summed E-state index contributed by atoms with van der Waals surface area (Å²) in [6.07, 6.45) is 0. The number of benzene rings is 3. The molecule has 4 aromatic rings. The van der Waals surface area contributed by atoms with E-state index < -0.39 is 15.7 Å². The number of sulfonamides is 1. The first kappa shape index (κ1) is 22.7. The van der Waals surface area contributed by atoms with Crippen molar-refractivity contribution in [3.63, 3.8) is 0 Å². The van der Waals surface area contributed by atoms with E-state index in [1.807, 2.05) is 18.2 Å². The molecule has 0 fully saturated rings. The number of anilines is 1. The number of para-hydroxylation sites is 1. The minimum Gasteiger partial charge on any atom is -0.351 e. The number of aromatic amines is 2. The average molecular weight is 483 g/mol. The van der Waals surface area contributed by atoms with Crippen LogP contribution in [0.3, 0.4) is 0 Å². The van der Waals surface area contributed by atoms with E-state index in [9.17, 15) is 18.0 Å². The summed E-state index contributed by atoms with van der Waals surface area (Å²) < 4.78 is 28.3. The second-order valence-electron chi connectivity index (χ2n) is 7.23. The van der Waals surface area contributed by atoms with Crippen LogP contribution in [0.5, 0.6) is 0 Å². The third kappa shape index (κ3) is 5.65. The largest absolute Gasteiger partial charge is 0.351 e. The Bertz CT molecular complexity index is 1430. The lowest BCUT2D eigenvalue weighted by Crippen LogP contribution is -2.27. The van der Waals surface area contributed by atoms with Crippen molar-refractivity contribution < 1.29 is 13.2 Å². The fraction of sp³-hybridized carbons (Fsp3) is 0.130. The third-order valence-corrected chi connectivity index (χ3v) is 7.25. The SMILES string of the molecule is O=C(NCCSCc1ccccc1)c1ccccc1NS(=O)(=O)c1ccc2[nH]c(=O)[nH]c2c1. The van der Waals surface area contributed by atoms with Gasteiger partial charge in [0, 0.05) is 18.1 Å². The van der Waals surface area contributed by atoms with Gasteiger partial charge in [-0.1, -0.05) is 42.5 Å². The van der Waals surface area contributed by atoms with Crippen molar-refractivity contribution in [1.29, 1.82) is 0 Å². The topological polar surface area (TPSA) is 124 Å². The van der Waals surface area contributed by atoms with Crippen LogP contribution in [-0.2, 0) is 15.8 Å². The van der Waals surface area contributed by atoms with Gasteiger partial charge >= 0.3 is 5.69 Å². The molecule has 4 N–H and O–H groups in total. The number of nitrogens with one attached hydrogen (secondary N) is 4. The quantitative estimate of drug-likeness (QED) is 0.273. The van der Waals surface area contributed by atoms with Crippen LogP contribution < -0.4 is 15.7 Å². The molecule has 8 nitrogen and oxygen atoms in total. The minimum absolute atomic E-state index is 0.0298. The summed E-state index contributed by atoms with van der Waals surface area (Å²) in [6, 6.07) is 20.8. The first-order chi connectivity index (χ1) is 15.9. The van der Waals surface area contributed by atoms with E-state index in [4.69, 9.17) is 0 Å². The summed E-state index contributed by atoms with van der Waals surface area (Å²) in [5.74, 6) is 1.21. The molecule has 10 heteroatoms. The van der Waals surface area contributed by atoms with Gasteiger partial charge < -0.3 is 15.3 Å². The molecular formula is C23H22N4O4S2. The van der Waals surface area contributed by atoms with Gasteiger partial charge in [0.05, 0.1) is 27.2 Å². The molecule has 4 rings (SSSR count). The molecule has 33 heavy (non-hydrogen) atoms. The molecule has 0 saturated carbocycles. The number of carbonyl (C=O) groups is 1. The van der Waals surface area contributed by atoms with Gasteiger partial charge in [-0.25, -0.2) is 13.2 Å². The number of amides is 1. The van der Waals surface area contributed by atoms with Gasteiger partial charge in [-0.05, 0) is 35.9 Å². The number of thioether (sulfide) groups is 1. The summed E-state index contributed by atoms with van der Waals surface area (Å²) in [7, 11) is -3.98. The third-order valence-electron chi connectivity index (χ3n) is 4.86. The van der Waals surface area contributed by atoms with E-state index in [2.05, 4.69) is 32.1 Å². The number of aromatic nitrogens is 2. The molecule has 0 atom stereocenters. The predicted octanol–water partition coefficient (Wildman–Crippen LogP) is 3.32. The molecule has 0 radical (unpaired) electrons. The van der Waals surface area contributed by atoms with E-state index in [1.54, 1.807) is 30.0 Å². The molecule has 0 bridgehead atoms. The van der Waals surface area contributed by atoms with Crippen molar-refractivity contribution in [1.82, 2.24) is 15.3 Å². The van der Waals surface area contributed by atoms with E-state index in [1.165, 1.54) is 29.8 Å². The Hall–Kier alpha value is -3.50. The van der Waals surface area contributed by atoms with E-state index in [-0.39, 0.29) is 22.1 Å². The first-order valence-corrected chi connectivity index (χ1v) is 12.8. The summed E-state index contributed by atoms with van der Waals surface area (Å²) in [5, 5.41) is 2.84. The number of fused-ring (bicyclic) bond motifs is 1. The van der Waals surface area contributed by atoms with Crippen LogP contribution in [0.1, 0.15) is 15.9 Å². The highest BCUT2D eigenvalue weighted by atomic mass is 32.2. The predicted molar refractivity (Wildman–Crippen MR) is 131 cm³/mol. The van der Waals surface area contributed by atoms with Crippen molar-refractivity contribution in [2.45, 2.75) is 10.6 Å². The fourth-order valence-electron chi connectivity index (χ4n) is 3.25. The highest BCUT2D eigenvalue weighted by Crippen LogP contribution is 2.22. The fourth-order valence-corrected chi connectivity index (χ4v) is 5.17. The molecule has 1 amide bonds. The van der Waals surface area contributed by atoms with Gasteiger partial charge in [0.15, 0.2) is 0 Å². The van der Waals surface area contributed by atoms with Gasteiger partial charge in [0.1, 0.15) is 0 Å². The second-order valence-corrected chi connectivity index (χ2v) is 10.0. The summed E-state index contributed by atoms with van der Waals surface area (Å²) in [6.45, 7) is 0.453. The Morgan fingerprint density at radius 3 is 2.45 bits per heavy atom. The van der Waals surface area contributed by atoms with Gasteiger partial charge in [0.2, 0.25) is 0 Å². The highest BCUT2D eigenvalue weighted by molar-refractivity contribution is 7.98. The molecule has 0 aliphatic carbocycles. The number of H-pyrrole nitrogens is 2. The van der Waals surface area contributed by atoms with Crippen molar-refractivity contribution in [3.8, 4) is 0 Å². The van der Waals surface area contributed by atoms with Gasteiger partial charge in [-0.2, -0.15) is 11.8 Å². The zero-order valence-electron chi connectivity index (χ0n) is 17.5. The molecule has 0 aliphatic heterocycles. The standard InChI is InChI=1S/C23H22N4O4S2/c28-22(24-12-13-32-15-16-6-2-1-3-7-16)18-8-4-5-9-19(18)27-33(30,31)17-10-11-20-21(14-17)26-23(29)25-20/h1-11,14,27H,12-13,15H2,(H,24,28)(H2,25,26,29). The smallest absolute Gasteiger partial charge is 0.323 e. The Balaban J connectivity index is 1.40. The Kier molecular flexibility index (Phi) is 6.85. The van der Waals surface area contributed by atoms with Crippen LogP contribution in [0, 0.1) is 0 Å². The number of carbonyl (C=O) groups excluding carboxylic acids is 1. The van der Waals surface area contributed by atoms with Crippen LogP contribution in [0.2, 0.25) is 0 Å². The van der Waals surface area contributed by atoms with Gasteiger partial charge in [-0.15, -0.1) is 0 Å². The number of imidazole rings is 1. The van der Waals surface area contributed by atoms with Crippen molar-refractivity contribution in [2.75, 3.05) is 17.0 Å². The lowest BCUT2D eigenvalue weighted by atomic mass is 10.2. The van der Waals surface area contributed by atoms with Gasteiger partial charge in [-0.3, -0.25) is 9.52 Å². The van der Waals surface area contributed by atoms with Crippen molar-refractivity contribution in [3.05, 3.63) is 94.4 Å².